The third-order valence-electron chi connectivity index (χ3n) is 5.23. The molecule has 2 fully saturated rings. The lowest BCUT2D eigenvalue weighted by Crippen LogP contribution is -2.32. The van der Waals surface area contributed by atoms with Crippen LogP contribution in [0.1, 0.15) is 18.9 Å². The number of anilines is 1. The fourth-order valence-corrected chi connectivity index (χ4v) is 5.05. The van der Waals surface area contributed by atoms with Gasteiger partial charge in [0.25, 0.3) is 0 Å². The van der Waals surface area contributed by atoms with E-state index < -0.39 is 39.8 Å². The molecule has 2 aliphatic rings. The van der Waals surface area contributed by atoms with Crippen LogP contribution in [-0.2, 0) is 18.2 Å². The molecule has 17 nitrogen and oxygen atoms in total. The van der Waals surface area contributed by atoms with Crippen molar-refractivity contribution in [3.63, 3.8) is 0 Å². The summed E-state index contributed by atoms with van der Waals surface area (Å²) in [5.41, 5.74) is 5.44. The first-order chi connectivity index (χ1) is 12.5. The van der Waals surface area contributed by atoms with Crippen LogP contribution in [0.4, 0.5) is 5.82 Å². The first kappa shape index (κ1) is 29.4. The molecule has 0 saturated heterocycles. The second kappa shape index (κ2) is 9.50. The molecule has 31 heavy (non-hydrogen) atoms. The van der Waals surface area contributed by atoms with Crippen molar-refractivity contribution in [3.8, 4) is 0 Å². The summed E-state index contributed by atoms with van der Waals surface area (Å²) >= 11 is 0. The Kier molecular flexibility index (Phi) is 9.01. The molecule has 19 heteroatoms. The SMILES string of the molecule is Nc1ncnc2c1ncn2[C@H]1C[C@H](OP(=O)([O-])[O-])[C@]2(COP(=O)([O-])[O-])C[C@H]12.[NH4+].[NH4+].[NH4+].[NH4+]. The van der Waals surface area contributed by atoms with E-state index in [-0.39, 0.29) is 42.8 Å². The van der Waals surface area contributed by atoms with E-state index in [0.717, 1.165) is 0 Å². The van der Waals surface area contributed by atoms with Crippen LogP contribution in [0.2, 0.25) is 0 Å². The maximum absolute atomic E-state index is 11.1. The number of nitrogens with two attached hydrogens (primary N) is 1. The van der Waals surface area contributed by atoms with Gasteiger partial charge in [0.2, 0.25) is 0 Å². The Labute approximate surface area is 176 Å². The van der Waals surface area contributed by atoms with Gasteiger partial charge < -0.3 is 72.7 Å². The lowest BCUT2D eigenvalue weighted by molar-refractivity contribution is -0.347. The number of rotatable bonds is 6. The van der Waals surface area contributed by atoms with E-state index in [1.165, 1.54) is 12.7 Å². The molecule has 0 amide bonds. The lowest BCUT2D eigenvalue weighted by Gasteiger charge is -2.37. The minimum atomic E-state index is -5.34. The number of nitrogens with zero attached hydrogens (tertiary/aromatic N) is 4. The Balaban J connectivity index is 0.00000225. The molecular formula is C12H29N9O8P2. The molecule has 0 spiro atoms. The third kappa shape index (κ3) is 5.43. The number of hydrogen-bond acceptors (Lipinski definition) is 12. The zero-order valence-corrected chi connectivity index (χ0v) is 19.3. The van der Waals surface area contributed by atoms with E-state index in [4.69, 9.17) is 5.73 Å². The Morgan fingerprint density at radius 1 is 1.10 bits per heavy atom. The topological polar surface area (TPSA) is 360 Å². The Bertz CT molecular complexity index is 996. The average Bonchev–Trinajstić information content (AvgIpc) is 2.98. The second-order valence-electron chi connectivity index (χ2n) is 6.69. The van der Waals surface area contributed by atoms with Crippen LogP contribution in [0.3, 0.4) is 0 Å². The minimum absolute atomic E-state index is 0. The molecule has 4 atom stereocenters. The smallest absolute Gasteiger partial charge is 0.165 e. The molecule has 2 saturated carbocycles. The van der Waals surface area contributed by atoms with Crippen molar-refractivity contribution in [2.24, 2.45) is 11.3 Å². The van der Waals surface area contributed by atoms with E-state index in [1.54, 1.807) is 4.57 Å². The van der Waals surface area contributed by atoms with E-state index >= 15 is 0 Å². The van der Waals surface area contributed by atoms with Gasteiger partial charge >= 0.3 is 0 Å². The number of hydrogen-bond donors (Lipinski definition) is 5. The molecule has 0 aromatic carbocycles. The van der Waals surface area contributed by atoms with Gasteiger partial charge in [-0.2, -0.15) is 0 Å². The van der Waals surface area contributed by atoms with E-state index in [2.05, 4.69) is 24.0 Å². The van der Waals surface area contributed by atoms with E-state index in [0.29, 0.717) is 17.6 Å². The Morgan fingerprint density at radius 2 is 1.74 bits per heavy atom. The lowest BCUT2D eigenvalue weighted by atomic mass is 10.0. The van der Waals surface area contributed by atoms with Crippen molar-refractivity contribution in [1.29, 1.82) is 0 Å². The van der Waals surface area contributed by atoms with Gasteiger partial charge in [0.05, 0.1) is 34.7 Å². The quantitative estimate of drug-likeness (QED) is 0.302. The highest BCUT2D eigenvalue weighted by molar-refractivity contribution is 7.43. The highest BCUT2D eigenvalue weighted by Gasteiger charge is 2.68. The zero-order chi connectivity index (χ0) is 19.6. The summed E-state index contributed by atoms with van der Waals surface area (Å²) in [5, 5.41) is 0. The maximum atomic E-state index is 11.1. The fourth-order valence-electron chi connectivity index (χ4n) is 4.04. The molecule has 18 N–H and O–H groups in total. The number of fused-ring (bicyclic) bond motifs is 2. The molecule has 4 rings (SSSR count). The summed E-state index contributed by atoms with van der Waals surface area (Å²) in [6.45, 7) is -0.563. The van der Waals surface area contributed by atoms with Crippen LogP contribution in [0.15, 0.2) is 12.7 Å². The van der Waals surface area contributed by atoms with Crippen molar-refractivity contribution in [1.82, 2.24) is 44.1 Å². The number of quaternary nitrogens is 4. The summed E-state index contributed by atoms with van der Waals surface area (Å²) in [6.07, 6.45) is 1.95. The highest BCUT2D eigenvalue weighted by Crippen LogP contribution is 2.70. The molecule has 180 valence electrons. The fraction of sp³-hybridized carbons (Fsp3) is 0.583. The molecular weight excluding hydrogens is 460 g/mol. The maximum Gasteiger partial charge on any atom is 0.165 e. The summed E-state index contributed by atoms with van der Waals surface area (Å²) < 4.78 is 32.7. The van der Waals surface area contributed by atoms with Gasteiger partial charge in [-0.05, 0) is 18.8 Å². The van der Waals surface area contributed by atoms with Crippen LogP contribution in [0.25, 0.3) is 11.2 Å². The molecule has 2 aromatic heterocycles. The molecule has 0 aliphatic heterocycles. The predicted molar refractivity (Wildman–Crippen MR) is 104 cm³/mol. The van der Waals surface area contributed by atoms with E-state index in [9.17, 15) is 28.7 Å². The largest absolute Gasteiger partial charge is 0.790 e. The summed E-state index contributed by atoms with van der Waals surface area (Å²) in [4.78, 5) is 56.0. The number of phosphoric acid groups is 2. The van der Waals surface area contributed by atoms with Crippen LogP contribution in [0.5, 0.6) is 0 Å². The zero-order valence-electron chi connectivity index (χ0n) is 17.5. The van der Waals surface area contributed by atoms with Crippen molar-refractivity contribution in [2.45, 2.75) is 25.0 Å². The molecule has 2 aliphatic carbocycles. The van der Waals surface area contributed by atoms with Gasteiger partial charge in [0.15, 0.2) is 11.5 Å². The number of nitrogen functional groups attached to an aromatic ring is 1. The second-order valence-corrected chi connectivity index (χ2v) is 8.95. The van der Waals surface area contributed by atoms with Crippen molar-refractivity contribution < 1.29 is 37.8 Å². The van der Waals surface area contributed by atoms with Crippen molar-refractivity contribution in [2.75, 3.05) is 12.3 Å². The van der Waals surface area contributed by atoms with Crippen LogP contribution in [0, 0.1) is 11.3 Å². The van der Waals surface area contributed by atoms with Crippen LogP contribution < -0.4 is 49.9 Å². The monoisotopic (exact) mass is 489 g/mol. The van der Waals surface area contributed by atoms with Crippen molar-refractivity contribution in [3.05, 3.63) is 12.7 Å². The van der Waals surface area contributed by atoms with Gasteiger partial charge in [0, 0.05) is 11.5 Å². The number of phosphoric ester groups is 2. The van der Waals surface area contributed by atoms with Gasteiger partial charge in [0.1, 0.15) is 11.8 Å². The molecule has 0 radical (unpaired) electrons. The summed E-state index contributed by atoms with van der Waals surface area (Å²) in [7, 11) is -10.6. The van der Waals surface area contributed by atoms with E-state index in [1.807, 2.05) is 0 Å². The van der Waals surface area contributed by atoms with Crippen LogP contribution >= 0.6 is 15.6 Å². The average molecular weight is 489 g/mol. The van der Waals surface area contributed by atoms with Gasteiger partial charge in [-0.25, -0.2) is 15.0 Å². The van der Waals surface area contributed by atoms with Gasteiger partial charge in [-0.1, -0.05) is 0 Å². The normalized spacial score (nSPS) is 26.6. The first-order valence-electron chi connectivity index (χ1n) is 7.80. The molecule has 0 unspecified atom stereocenters. The molecule has 0 bridgehead atoms. The molecule has 2 aromatic rings. The number of aromatic nitrogens is 4. The van der Waals surface area contributed by atoms with Crippen molar-refractivity contribution >= 4 is 32.6 Å². The van der Waals surface area contributed by atoms with Crippen LogP contribution in [-0.4, -0.2) is 32.2 Å². The Morgan fingerprint density at radius 3 is 2.32 bits per heavy atom. The third-order valence-corrected chi connectivity index (χ3v) is 6.19. The van der Waals surface area contributed by atoms with Gasteiger partial charge in [-0.3, -0.25) is 0 Å². The minimum Gasteiger partial charge on any atom is -0.790 e. The predicted octanol–water partition coefficient (Wildman–Crippen LogP) is -1.08. The first-order valence-corrected chi connectivity index (χ1v) is 10.7. The van der Waals surface area contributed by atoms with Gasteiger partial charge in [-0.15, -0.1) is 0 Å². The Hall–Kier alpha value is -1.59. The number of imidazole rings is 1. The summed E-state index contributed by atoms with van der Waals surface area (Å²) in [6, 6.07) is -0.401. The highest BCUT2D eigenvalue weighted by atomic mass is 31.2. The summed E-state index contributed by atoms with van der Waals surface area (Å²) in [5.74, 6) is -0.133. The molecule has 2 heterocycles. The standard InChI is InChI=1S/C12H17N5O8P2.4H3N/c13-10-9-11(15-4-14-10)17(5-16-9)7-1-8(25-27(21,22)23)12(2-6(7)12)3-24-26(18,19)20;;;;/h4-8H,1-3H2,(H2,13,14,15)(H2,18,19,20)(H2,21,22,23);4*1H3/t6-,7+,8+,12+;;;;/m1..../s1.